The monoisotopic (exact) mass is 349 g/mol. The molecule has 0 spiro atoms. The van der Waals surface area contributed by atoms with Crippen LogP contribution in [0.1, 0.15) is 47.1 Å². The van der Waals surface area contributed by atoms with E-state index in [1.54, 1.807) is 19.1 Å². The molecule has 3 rings (SSSR count). The van der Waals surface area contributed by atoms with E-state index >= 15 is 0 Å². The van der Waals surface area contributed by atoms with E-state index in [1.165, 1.54) is 4.31 Å². The van der Waals surface area contributed by atoms with Crippen molar-refractivity contribution in [2.75, 3.05) is 10.8 Å². The van der Waals surface area contributed by atoms with Gasteiger partial charge in [0.15, 0.2) is 5.76 Å². The molecule has 0 saturated carbocycles. The van der Waals surface area contributed by atoms with Crippen molar-refractivity contribution in [2.45, 2.75) is 33.1 Å². The average molecular weight is 349 g/mol. The molecule has 1 aliphatic rings. The first-order chi connectivity index (χ1) is 11.3. The van der Waals surface area contributed by atoms with E-state index in [4.69, 9.17) is 4.52 Å². The van der Waals surface area contributed by atoms with Gasteiger partial charge < -0.3 is 4.52 Å². The highest BCUT2D eigenvalue weighted by molar-refractivity contribution is 7.91. The minimum absolute atomic E-state index is 0.0813. The van der Waals surface area contributed by atoms with Crippen LogP contribution < -0.4 is 9.03 Å². The van der Waals surface area contributed by atoms with Crippen LogP contribution in [0.2, 0.25) is 0 Å². The predicted molar refractivity (Wildman–Crippen MR) is 89.2 cm³/mol. The number of anilines is 1. The van der Waals surface area contributed by atoms with Crippen molar-refractivity contribution >= 4 is 21.8 Å². The Labute approximate surface area is 140 Å². The highest BCUT2D eigenvalue weighted by Crippen LogP contribution is 2.29. The topological polar surface area (TPSA) is 92.5 Å². The highest BCUT2D eigenvalue weighted by Gasteiger charge is 2.32. The fourth-order valence-electron chi connectivity index (χ4n) is 2.84. The fraction of sp³-hybridized carbons (Fsp3) is 0.375. The molecule has 0 unspecified atom stereocenters. The predicted octanol–water partition coefficient (Wildman–Crippen LogP) is 2.14. The van der Waals surface area contributed by atoms with E-state index in [1.807, 2.05) is 26.0 Å². The van der Waals surface area contributed by atoms with Crippen molar-refractivity contribution in [3.05, 3.63) is 46.8 Å². The number of nitrogens with one attached hydrogen (secondary N) is 1. The number of aryl methyl sites for hydroxylation is 1. The lowest BCUT2D eigenvalue weighted by Crippen LogP contribution is -2.43. The molecule has 2 aromatic rings. The second-order valence-electron chi connectivity index (χ2n) is 6.05. The van der Waals surface area contributed by atoms with Crippen molar-refractivity contribution in [2.24, 2.45) is 0 Å². The lowest BCUT2D eigenvalue weighted by molar-refractivity contribution is 0.0978. The van der Waals surface area contributed by atoms with Gasteiger partial charge in [-0.15, -0.1) is 0 Å². The minimum atomic E-state index is -3.99. The summed E-state index contributed by atoms with van der Waals surface area (Å²) in [5.41, 5.74) is 2.09. The van der Waals surface area contributed by atoms with Gasteiger partial charge in [0, 0.05) is 12.5 Å². The molecule has 1 aliphatic heterocycles. The fourth-order valence-corrected chi connectivity index (χ4v) is 4.05. The number of amides is 1. The summed E-state index contributed by atoms with van der Waals surface area (Å²) in [6, 6.07) is 7.25. The average Bonchev–Trinajstić information content (AvgIpc) is 3.10. The molecule has 0 radical (unpaired) electrons. The lowest BCUT2D eigenvalue weighted by atomic mass is 10.1. The van der Waals surface area contributed by atoms with Gasteiger partial charge in [-0.05, 0) is 25.0 Å². The molecule has 2 heterocycles. The second kappa shape index (κ2) is 5.94. The Bertz CT molecular complexity index is 886. The summed E-state index contributed by atoms with van der Waals surface area (Å²) < 4.78 is 33.8. The first-order valence-electron chi connectivity index (χ1n) is 7.70. The number of nitrogens with zero attached hydrogens (tertiary/aromatic N) is 2. The normalized spacial score (nSPS) is 14.1. The summed E-state index contributed by atoms with van der Waals surface area (Å²) in [4.78, 5) is 12.5. The first kappa shape index (κ1) is 16.5. The van der Waals surface area contributed by atoms with Crippen LogP contribution in [0.25, 0.3) is 0 Å². The van der Waals surface area contributed by atoms with Gasteiger partial charge in [0.1, 0.15) is 5.56 Å². The maximum atomic E-state index is 12.6. The third-order valence-corrected chi connectivity index (χ3v) is 5.40. The SMILES string of the molecule is Cc1noc(C(C)C)c1C(=O)NS(=O)(=O)N1CCc2ccccc21. The number of hydrogen-bond donors (Lipinski definition) is 1. The smallest absolute Gasteiger partial charge is 0.326 e. The Balaban J connectivity index is 1.89. The van der Waals surface area contributed by atoms with Crippen LogP contribution in [0.4, 0.5) is 5.69 Å². The Morgan fingerprint density at radius 1 is 1.33 bits per heavy atom. The highest BCUT2D eigenvalue weighted by atomic mass is 32.2. The van der Waals surface area contributed by atoms with Gasteiger partial charge in [0.05, 0.1) is 11.4 Å². The summed E-state index contributed by atoms with van der Waals surface area (Å²) in [5, 5.41) is 3.78. The van der Waals surface area contributed by atoms with Gasteiger partial charge in [-0.2, -0.15) is 8.42 Å². The zero-order valence-electron chi connectivity index (χ0n) is 13.7. The maximum absolute atomic E-state index is 12.6. The molecule has 8 heteroatoms. The largest absolute Gasteiger partial charge is 0.360 e. The van der Waals surface area contributed by atoms with Crippen LogP contribution in [0.5, 0.6) is 0 Å². The van der Waals surface area contributed by atoms with E-state index in [-0.39, 0.29) is 11.5 Å². The molecule has 0 aliphatic carbocycles. The zero-order chi connectivity index (χ0) is 17.5. The van der Waals surface area contributed by atoms with Gasteiger partial charge in [0.2, 0.25) is 0 Å². The molecule has 0 bridgehead atoms. The third kappa shape index (κ3) is 2.77. The summed E-state index contributed by atoms with van der Waals surface area (Å²) in [6.45, 7) is 5.62. The van der Waals surface area contributed by atoms with Crippen molar-refractivity contribution < 1.29 is 17.7 Å². The number of carbonyl (C=O) groups is 1. The Hall–Kier alpha value is -2.35. The number of para-hydroxylation sites is 1. The van der Waals surface area contributed by atoms with Gasteiger partial charge in [0.25, 0.3) is 5.91 Å². The molecule has 1 N–H and O–H groups in total. The number of rotatable bonds is 4. The van der Waals surface area contributed by atoms with Crippen LogP contribution in [-0.4, -0.2) is 26.0 Å². The second-order valence-corrected chi connectivity index (χ2v) is 7.64. The molecule has 0 atom stereocenters. The van der Waals surface area contributed by atoms with Crippen LogP contribution in [0.3, 0.4) is 0 Å². The molecular formula is C16H19N3O4S. The summed E-state index contributed by atoms with van der Waals surface area (Å²) >= 11 is 0. The van der Waals surface area contributed by atoms with E-state index in [9.17, 15) is 13.2 Å². The molecule has 1 amide bonds. The number of carbonyl (C=O) groups excluding carboxylic acids is 1. The Kier molecular flexibility index (Phi) is 4.08. The number of hydrogen-bond acceptors (Lipinski definition) is 5. The third-order valence-electron chi connectivity index (χ3n) is 4.00. The van der Waals surface area contributed by atoms with Crippen LogP contribution in [0, 0.1) is 6.92 Å². The molecule has 128 valence electrons. The van der Waals surface area contributed by atoms with Gasteiger partial charge in [-0.1, -0.05) is 37.2 Å². The molecule has 24 heavy (non-hydrogen) atoms. The zero-order valence-corrected chi connectivity index (χ0v) is 14.6. The number of aromatic nitrogens is 1. The maximum Gasteiger partial charge on any atom is 0.326 e. The number of fused-ring (bicyclic) bond motifs is 1. The van der Waals surface area contributed by atoms with Crippen molar-refractivity contribution in [3.63, 3.8) is 0 Å². The molecule has 0 saturated heterocycles. The minimum Gasteiger partial charge on any atom is -0.360 e. The van der Waals surface area contributed by atoms with Crippen LogP contribution in [-0.2, 0) is 16.6 Å². The quantitative estimate of drug-likeness (QED) is 0.913. The Morgan fingerprint density at radius 3 is 2.75 bits per heavy atom. The van der Waals surface area contributed by atoms with E-state index in [0.717, 1.165) is 5.56 Å². The summed E-state index contributed by atoms with van der Waals surface area (Å²) in [6.07, 6.45) is 0.620. The van der Waals surface area contributed by atoms with Gasteiger partial charge >= 0.3 is 10.2 Å². The molecule has 7 nitrogen and oxygen atoms in total. The Morgan fingerprint density at radius 2 is 2.04 bits per heavy atom. The van der Waals surface area contributed by atoms with Gasteiger partial charge in [-0.3, -0.25) is 9.10 Å². The van der Waals surface area contributed by atoms with Crippen molar-refractivity contribution in [1.29, 1.82) is 0 Å². The molecule has 1 aromatic heterocycles. The molecule has 0 fully saturated rings. The number of benzene rings is 1. The summed E-state index contributed by atoms with van der Waals surface area (Å²) in [7, 11) is -3.99. The van der Waals surface area contributed by atoms with Crippen molar-refractivity contribution in [1.82, 2.24) is 9.88 Å². The van der Waals surface area contributed by atoms with Crippen molar-refractivity contribution in [3.8, 4) is 0 Å². The van der Waals surface area contributed by atoms with E-state index < -0.39 is 16.1 Å². The van der Waals surface area contributed by atoms with Crippen LogP contribution >= 0.6 is 0 Å². The van der Waals surface area contributed by atoms with E-state index in [2.05, 4.69) is 9.88 Å². The lowest BCUT2D eigenvalue weighted by Gasteiger charge is -2.19. The van der Waals surface area contributed by atoms with Gasteiger partial charge in [-0.25, -0.2) is 4.72 Å². The van der Waals surface area contributed by atoms with E-state index in [0.29, 0.717) is 30.1 Å². The standard InChI is InChI=1S/C16H19N3O4S/c1-10(2)15-14(11(3)17-23-15)16(20)18-24(21,22)19-9-8-12-6-4-5-7-13(12)19/h4-7,10H,8-9H2,1-3H3,(H,18,20). The summed E-state index contributed by atoms with van der Waals surface area (Å²) in [5.74, 6) is -0.425. The molecule has 1 aromatic carbocycles. The first-order valence-corrected chi connectivity index (χ1v) is 9.14. The molecular weight excluding hydrogens is 330 g/mol. The van der Waals surface area contributed by atoms with Crippen LogP contribution in [0.15, 0.2) is 28.8 Å².